The summed E-state index contributed by atoms with van der Waals surface area (Å²) in [5.74, 6) is 1.35. The second-order valence-electron chi connectivity index (χ2n) is 6.61. The summed E-state index contributed by atoms with van der Waals surface area (Å²) in [7, 11) is 0. The zero-order chi connectivity index (χ0) is 19.0. The molecule has 0 saturated carbocycles. The van der Waals surface area contributed by atoms with E-state index < -0.39 is 0 Å². The highest BCUT2D eigenvalue weighted by Crippen LogP contribution is 2.28. The minimum atomic E-state index is -0.148. The number of rotatable bonds is 3. The maximum Gasteiger partial charge on any atom is 0.229 e. The van der Waals surface area contributed by atoms with Gasteiger partial charge in [0.15, 0.2) is 11.5 Å². The first-order valence-corrected chi connectivity index (χ1v) is 9.47. The van der Waals surface area contributed by atoms with Crippen molar-refractivity contribution >= 4 is 46.3 Å². The molecule has 1 aliphatic heterocycles. The van der Waals surface area contributed by atoms with Gasteiger partial charge in [-0.1, -0.05) is 23.2 Å². The van der Waals surface area contributed by atoms with Crippen LogP contribution in [0.25, 0.3) is 5.65 Å². The molecule has 2 aromatic heterocycles. The Bertz CT molecular complexity index is 1000. The predicted molar refractivity (Wildman–Crippen MR) is 106 cm³/mol. The molecule has 0 radical (unpaired) electrons. The quantitative estimate of drug-likeness (QED) is 0.721. The number of piperidine rings is 1. The fourth-order valence-electron chi connectivity index (χ4n) is 3.28. The van der Waals surface area contributed by atoms with E-state index in [1.165, 1.54) is 0 Å². The van der Waals surface area contributed by atoms with E-state index in [1.807, 2.05) is 19.1 Å². The summed E-state index contributed by atoms with van der Waals surface area (Å²) in [6, 6.07) is 8.84. The Morgan fingerprint density at radius 2 is 2.07 bits per heavy atom. The number of carbonyl (C=O) groups is 1. The number of anilines is 2. The first-order valence-electron chi connectivity index (χ1n) is 8.71. The second-order valence-corrected chi connectivity index (χ2v) is 7.45. The zero-order valence-corrected chi connectivity index (χ0v) is 16.2. The molecular formula is C18H18Cl2N6O. The first kappa shape index (κ1) is 18.0. The van der Waals surface area contributed by atoms with Gasteiger partial charge < -0.3 is 10.2 Å². The van der Waals surface area contributed by atoms with Gasteiger partial charge in [0.25, 0.3) is 0 Å². The molecule has 9 heteroatoms. The van der Waals surface area contributed by atoms with Crippen LogP contribution >= 0.6 is 23.2 Å². The number of halogens is 2. The molecule has 0 spiro atoms. The summed E-state index contributed by atoms with van der Waals surface area (Å²) >= 11 is 12.1. The molecule has 1 aliphatic rings. The van der Waals surface area contributed by atoms with Crippen LogP contribution in [-0.4, -0.2) is 38.8 Å². The third-order valence-electron chi connectivity index (χ3n) is 4.71. The average molecular weight is 405 g/mol. The topological polar surface area (TPSA) is 75.4 Å². The van der Waals surface area contributed by atoms with Gasteiger partial charge in [0, 0.05) is 18.1 Å². The fourth-order valence-corrected chi connectivity index (χ4v) is 3.74. The Hall–Kier alpha value is -2.38. The van der Waals surface area contributed by atoms with Crippen molar-refractivity contribution in [2.75, 3.05) is 23.3 Å². The summed E-state index contributed by atoms with van der Waals surface area (Å²) < 4.78 is 1.71. The van der Waals surface area contributed by atoms with Crippen molar-refractivity contribution < 1.29 is 4.79 Å². The van der Waals surface area contributed by atoms with Crippen molar-refractivity contribution in [3.63, 3.8) is 0 Å². The standard InChI is InChI=1S/C18H18Cl2N6O/c1-11-22-23-16-6-7-17(24-26(11)16)25-8-2-3-12(10-25)18(27)21-15-5-4-13(19)9-14(15)20/h4-7,9,12H,2-3,8,10H2,1H3,(H,21,27)/t12-/m0/s1. The molecule has 1 saturated heterocycles. The van der Waals surface area contributed by atoms with Gasteiger partial charge in [-0.15, -0.1) is 15.3 Å². The van der Waals surface area contributed by atoms with E-state index in [1.54, 1.807) is 22.7 Å². The number of hydrogen-bond donors (Lipinski definition) is 1. The maximum atomic E-state index is 12.7. The molecule has 3 heterocycles. The van der Waals surface area contributed by atoms with Crippen molar-refractivity contribution in [3.8, 4) is 0 Å². The molecule has 1 aromatic carbocycles. The number of nitrogens with one attached hydrogen (secondary N) is 1. The third kappa shape index (κ3) is 3.70. The number of aromatic nitrogens is 4. The van der Waals surface area contributed by atoms with Crippen molar-refractivity contribution in [2.45, 2.75) is 19.8 Å². The Balaban J connectivity index is 1.49. The molecule has 7 nitrogen and oxygen atoms in total. The summed E-state index contributed by atoms with van der Waals surface area (Å²) in [5.41, 5.74) is 1.28. The molecular weight excluding hydrogens is 387 g/mol. The molecule has 140 valence electrons. The van der Waals surface area contributed by atoms with Gasteiger partial charge in [0.2, 0.25) is 5.91 Å². The van der Waals surface area contributed by atoms with Crippen LogP contribution in [0, 0.1) is 12.8 Å². The highest BCUT2D eigenvalue weighted by Gasteiger charge is 2.27. The Morgan fingerprint density at radius 1 is 1.22 bits per heavy atom. The summed E-state index contributed by atoms with van der Waals surface area (Å²) in [5, 5.41) is 16.6. The van der Waals surface area contributed by atoms with E-state index in [2.05, 4.69) is 25.5 Å². The molecule has 1 amide bonds. The van der Waals surface area contributed by atoms with Crippen LogP contribution in [0.15, 0.2) is 30.3 Å². The Kier molecular flexibility index (Phi) is 4.88. The predicted octanol–water partition coefficient (Wildman–Crippen LogP) is 3.59. The highest BCUT2D eigenvalue weighted by molar-refractivity contribution is 6.36. The molecule has 0 unspecified atom stereocenters. The lowest BCUT2D eigenvalue weighted by atomic mass is 9.97. The van der Waals surface area contributed by atoms with Crippen LogP contribution in [-0.2, 0) is 4.79 Å². The average Bonchev–Trinajstić information content (AvgIpc) is 3.04. The summed E-state index contributed by atoms with van der Waals surface area (Å²) in [6.07, 6.45) is 1.73. The van der Waals surface area contributed by atoms with Gasteiger partial charge in [-0.3, -0.25) is 4.79 Å². The van der Waals surface area contributed by atoms with Crippen molar-refractivity contribution in [1.29, 1.82) is 0 Å². The van der Waals surface area contributed by atoms with Gasteiger partial charge in [-0.25, -0.2) is 0 Å². The van der Waals surface area contributed by atoms with E-state index in [9.17, 15) is 4.79 Å². The monoisotopic (exact) mass is 404 g/mol. The molecule has 1 fully saturated rings. The van der Waals surface area contributed by atoms with Crippen molar-refractivity contribution in [1.82, 2.24) is 19.8 Å². The third-order valence-corrected chi connectivity index (χ3v) is 5.26. The van der Waals surface area contributed by atoms with Gasteiger partial charge in [0.05, 0.1) is 16.6 Å². The van der Waals surface area contributed by atoms with Crippen LogP contribution in [0.1, 0.15) is 18.7 Å². The number of nitrogens with zero attached hydrogens (tertiary/aromatic N) is 5. The van der Waals surface area contributed by atoms with E-state index in [-0.39, 0.29) is 11.8 Å². The summed E-state index contributed by atoms with van der Waals surface area (Å²) in [6.45, 7) is 3.31. The number of carbonyl (C=O) groups excluding carboxylic acids is 1. The van der Waals surface area contributed by atoms with Crippen LogP contribution in [0.3, 0.4) is 0 Å². The van der Waals surface area contributed by atoms with E-state index >= 15 is 0 Å². The van der Waals surface area contributed by atoms with Gasteiger partial charge in [-0.05, 0) is 50.1 Å². The molecule has 27 heavy (non-hydrogen) atoms. The smallest absolute Gasteiger partial charge is 0.229 e. The summed E-state index contributed by atoms with van der Waals surface area (Å²) in [4.78, 5) is 14.9. The minimum absolute atomic E-state index is 0.0505. The molecule has 3 aromatic rings. The first-order chi connectivity index (χ1) is 13.0. The van der Waals surface area contributed by atoms with E-state index in [0.29, 0.717) is 27.9 Å². The Labute approximate surface area is 166 Å². The number of aryl methyl sites for hydroxylation is 1. The Morgan fingerprint density at radius 3 is 2.89 bits per heavy atom. The molecule has 1 N–H and O–H groups in total. The number of benzene rings is 1. The number of amides is 1. The van der Waals surface area contributed by atoms with Gasteiger partial charge >= 0.3 is 0 Å². The molecule has 0 aliphatic carbocycles. The number of hydrogen-bond acceptors (Lipinski definition) is 5. The molecule has 1 atom stereocenters. The van der Waals surface area contributed by atoms with Crippen molar-refractivity contribution in [3.05, 3.63) is 46.2 Å². The minimum Gasteiger partial charge on any atom is -0.354 e. The van der Waals surface area contributed by atoms with E-state index in [4.69, 9.17) is 23.2 Å². The fraction of sp³-hybridized carbons (Fsp3) is 0.333. The van der Waals surface area contributed by atoms with Gasteiger partial charge in [-0.2, -0.15) is 4.52 Å². The van der Waals surface area contributed by atoms with Crippen LogP contribution in [0.4, 0.5) is 11.5 Å². The van der Waals surface area contributed by atoms with Gasteiger partial charge in [0.1, 0.15) is 5.82 Å². The number of fused-ring (bicyclic) bond motifs is 1. The second kappa shape index (κ2) is 7.32. The van der Waals surface area contributed by atoms with Crippen molar-refractivity contribution in [2.24, 2.45) is 5.92 Å². The highest BCUT2D eigenvalue weighted by atomic mass is 35.5. The lowest BCUT2D eigenvalue weighted by molar-refractivity contribution is -0.120. The maximum absolute atomic E-state index is 12.7. The normalized spacial score (nSPS) is 17.3. The lowest BCUT2D eigenvalue weighted by Crippen LogP contribution is -2.41. The van der Waals surface area contributed by atoms with Crippen LogP contribution < -0.4 is 10.2 Å². The largest absolute Gasteiger partial charge is 0.354 e. The van der Waals surface area contributed by atoms with Crippen LogP contribution in [0.2, 0.25) is 10.0 Å². The van der Waals surface area contributed by atoms with E-state index in [0.717, 1.165) is 31.0 Å². The zero-order valence-electron chi connectivity index (χ0n) is 14.7. The van der Waals surface area contributed by atoms with Crippen LogP contribution in [0.5, 0.6) is 0 Å². The molecule has 4 rings (SSSR count). The molecule has 0 bridgehead atoms. The SMILES string of the molecule is Cc1nnc2ccc(N3CCC[C@H](C(=O)Nc4ccc(Cl)cc4Cl)C3)nn12. The lowest BCUT2D eigenvalue weighted by Gasteiger charge is -2.32.